The summed E-state index contributed by atoms with van der Waals surface area (Å²) in [4.78, 5) is 0.294. The number of hydrogen-bond acceptors (Lipinski definition) is 4. The topological polar surface area (TPSA) is 84.0 Å². The molecule has 0 fully saturated rings. The van der Waals surface area contributed by atoms with Crippen LogP contribution in [0.5, 0.6) is 0 Å². The molecule has 0 unspecified atom stereocenters. The van der Waals surface area contributed by atoms with Crippen molar-refractivity contribution >= 4 is 15.5 Å². The first-order valence-corrected chi connectivity index (χ1v) is 7.83. The van der Waals surface area contributed by atoms with Gasteiger partial charge in [-0.1, -0.05) is 6.07 Å². The van der Waals surface area contributed by atoms with Crippen LogP contribution in [0.15, 0.2) is 23.1 Å². The van der Waals surface area contributed by atoms with Gasteiger partial charge in [0.25, 0.3) is 0 Å². The van der Waals surface area contributed by atoms with Crippen molar-refractivity contribution in [1.29, 1.82) is 5.26 Å². The van der Waals surface area contributed by atoms with Crippen molar-refractivity contribution in [2.75, 3.05) is 11.5 Å². The number of nitriles is 1. The average molecular weight is 280 g/mol. The molecule has 0 amide bonds. The van der Waals surface area contributed by atoms with Gasteiger partial charge in [-0.2, -0.15) is 5.26 Å². The summed E-state index contributed by atoms with van der Waals surface area (Å²) in [5, 5.41) is 8.91. The van der Waals surface area contributed by atoms with Crippen molar-refractivity contribution < 1.29 is 8.42 Å². The van der Waals surface area contributed by atoms with Gasteiger partial charge in [0.2, 0.25) is 0 Å². The number of aryl methyl sites for hydroxylation is 1. The minimum Gasteiger partial charge on any atom is -0.399 e. The minimum atomic E-state index is -3.33. The summed E-state index contributed by atoms with van der Waals surface area (Å²) in [6, 6.07) is 7.07. The van der Waals surface area contributed by atoms with Gasteiger partial charge in [0.05, 0.1) is 22.1 Å². The molecule has 0 heterocycles. The van der Waals surface area contributed by atoms with E-state index >= 15 is 0 Å². The SMILES string of the molecule is Cc1ccc(N)cc1S(=O)(=O)CCCC(C)(C)C#N. The van der Waals surface area contributed by atoms with E-state index in [0.29, 0.717) is 29.0 Å². The minimum absolute atomic E-state index is 0.0441. The molecule has 4 nitrogen and oxygen atoms in total. The van der Waals surface area contributed by atoms with Gasteiger partial charge in [0, 0.05) is 5.69 Å². The number of benzene rings is 1. The van der Waals surface area contributed by atoms with Crippen LogP contribution in [0.25, 0.3) is 0 Å². The second-order valence-electron chi connectivity index (χ2n) is 5.44. The van der Waals surface area contributed by atoms with Crippen molar-refractivity contribution in [3.8, 4) is 6.07 Å². The Morgan fingerprint density at radius 1 is 1.37 bits per heavy atom. The van der Waals surface area contributed by atoms with Gasteiger partial charge in [-0.3, -0.25) is 0 Å². The van der Waals surface area contributed by atoms with E-state index in [4.69, 9.17) is 11.0 Å². The zero-order chi connectivity index (χ0) is 14.7. The van der Waals surface area contributed by atoms with Gasteiger partial charge >= 0.3 is 0 Å². The third kappa shape index (κ3) is 4.25. The second kappa shape index (κ2) is 5.62. The molecule has 19 heavy (non-hydrogen) atoms. The Labute approximate surface area is 115 Å². The lowest BCUT2D eigenvalue weighted by molar-refractivity contribution is 0.445. The number of sulfone groups is 1. The number of nitrogens with two attached hydrogens (primary N) is 1. The number of anilines is 1. The first-order valence-electron chi connectivity index (χ1n) is 6.18. The molecule has 0 bridgehead atoms. The molecule has 0 aliphatic heterocycles. The molecule has 5 heteroatoms. The predicted octanol–water partition coefficient (Wildman–Crippen LogP) is 2.68. The highest BCUT2D eigenvalue weighted by atomic mass is 32.2. The number of nitrogens with zero attached hydrogens (tertiary/aromatic N) is 1. The highest BCUT2D eigenvalue weighted by Crippen LogP contribution is 2.24. The largest absolute Gasteiger partial charge is 0.399 e. The fourth-order valence-corrected chi connectivity index (χ4v) is 3.44. The summed E-state index contributed by atoms with van der Waals surface area (Å²) < 4.78 is 24.5. The van der Waals surface area contributed by atoms with Gasteiger partial charge < -0.3 is 5.73 Å². The summed E-state index contributed by atoms with van der Waals surface area (Å²) in [7, 11) is -3.33. The lowest BCUT2D eigenvalue weighted by atomic mass is 9.90. The number of hydrogen-bond donors (Lipinski definition) is 1. The summed E-state index contributed by atoms with van der Waals surface area (Å²) in [6.07, 6.45) is 1.03. The third-order valence-corrected chi connectivity index (χ3v) is 5.00. The fourth-order valence-electron chi connectivity index (χ4n) is 1.82. The molecule has 1 aromatic rings. The number of rotatable bonds is 5. The molecule has 0 saturated carbocycles. The standard InChI is InChI=1S/C14H20N2O2S/c1-11-5-6-12(16)9-13(11)19(17,18)8-4-7-14(2,3)10-15/h5-6,9H,4,7-8,16H2,1-3H3. The molecule has 0 aliphatic carbocycles. The highest BCUT2D eigenvalue weighted by molar-refractivity contribution is 7.91. The van der Waals surface area contributed by atoms with Crippen molar-refractivity contribution in [2.24, 2.45) is 5.41 Å². The summed E-state index contributed by atoms with van der Waals surface area (Å²) >= 11 is 0. The lowest BCUT2D eigenvalue weighted by Crippen LogP contribution is -2.13. The van der Waals surface area contributed by atoms with E-state index < -0.39 is 15.3 Å². The Bertz CT molecular complexity index is 598. The maximum atomic E-state index is 12.2. The predicted molar refractivity (Wildman–Crippen MR) is 76.3 cm³/mol. The van der Waals surface area contributed by atoms with Gasteiger partial charge in [-0.25, -0.2) is 8.42 Å². The van der Waals surface area contributed by atoms with Gasteiger partial charge in [0.1, 0.15) is 0 Å². The van der Waals surface area contributed by atoms with Crippen LogP contribution in [0.2, 0.25) is 0 Å². The smallest absolute Gasteiger partial charge is 0.178 e. The normalized spacial score (nSPS) is 12.1. The molecule has 104 valence electrons. The molecule has 0 saturated heterocycles. The maximum Gasteiger partial charge on any atom is 0.178 e. The van der Waals surface area contributed by atoms with Gasteiger partial charge in [-0.15, -0.1) is 0 Å². The molecule has 0 spiro atoms. The van der Waals surface area contributed by atoms with Crippen molar-refractivity contribution in [2.45, 2.75) is 38.5 Å². The van der Waals surface area contributed by atoms with E-state index in [0.717, 1.165) is 0 Å². The third-order valence-electron chi connectivity index (χ3n) is 3.06. The van der Waals surface area contributed by atoms with E-state index in [9.17, 15) is 8.42 Å². The van der Waals surface area contributed by atoms with Crippen LogP contribution >= 0.6 is 0 Å². The quantitative estimate of drug-likeness (QED) is 0.840. The Balaban J connectivity index is 2.83. The van der Waals surface area contributed by atoms with Crippen molar-refractivity contribution in [3.05, 3.63) is 23.8 Å². The van der Waals surface area contributed by atoms with Crippen molar-refractivity contribution in [1.82, 2.24) is 0 Å². The van der Waals surface area contributed by atoms with Crippen LogP contribution in [-0.4, -0.2) is 14.2 Å². The number of nitrogen functional groups attached to an aromatic ring is 1. The lowest BCUT2D eigenvalue weighted by Gasteiger charge is -2.15. The second-order valence-corrected chi connectivity index (χ2v) is 7.52. The monoisotopic (exact) mass is 280 g/mol. The summed E-state index contributed by atoms with van der Waals surface area (Å²) in [5.74, 6) is 0.0441. The van der Waals surface area contributed by atoms with E-state index in [-0.39, 0.29) is 5.75 Å². The zero-order valence-corrected chi connectivity index (χ0v) is 12.4. The van der Waals surface area contributed by atoms with E-state index in [1.54, 1.807) is 19.1 Å². The Hall–Kier alpha value is -1.54. The molecule has 0 aliphatic rings. The Kier molecular flexibility index (Phi) is 4.59. The first kappa shape index (κ1) is 15.5. The van der Waals surface area contributed by atoms with E-state index in [1.807, 2.05) is 13.8 Å². The Morgan fingerprint density at radius 3 is 2.58 bits per heavy atom. The van der Waals surface area contributed by atoms with Crippen LogP contribution in [0.3, 0.4) is 0 Å². The zero-order valence-electron chi connectivity index (χ0n) is 11.6. The summed E-state index contributed by atoms with van der Waals surface area (Å²) in [6.45, 7) is 5.38. The molecular formula is C14H20N2O2S. The molecule has 0 aromatic heterocycles. The van der Waals surface area contributed by atoms with Crippen LogP contribution in [0, 0.1) is 23.7 Å². The van der Waals surface area contributed by atoms with Gasteiger partial charge in [-0.05, 0) is 51.3 Å². The molecule has 2 N–H and O–H groups in total. The average Bonchev–Trinajstić information content (AvgIpc) is 2.31. The maximum absolute atomic E-state index is 12.2. The first-order chi connectivity index (χ1) is 8.68. The fraction of sp³-hybridized carbons (Fsp3) is 0.500. The van der Waals surface area contributed by atoms with Crippen LogP contribution < -0.4 is 5.73 Å². The van der Waals surface area contributed by atoms with Crippen LogP contribution in [0.1, 0.15) is 32.3 Å². The highest BCUT2D eigenvalue weighted by Gasteiger charge is 2.21. The van der Waals surface area contributed by atoms with E-state index in [2.05, 4.69) is 6.07 Å². The van der Waals surface area contributed by atoms with Crippen LogP contribution in [0.4, 0.5) is 5.69 Å². The molecule has 1 rings (SSSR count). The van der Waals surface area contributed by atoms with Crippen LogP contribution in [-0.2, 0) is 9.84 Å². The molecule has 0 radical (unpaired) electrons. The van der Waals surface area contributed by atoms with Crippen molar-refractivity contribution in [3.63, 3.8) is 0 Å². The molecule has 1 aromatic carbocycles. The molecular weight excluding hydrogens is 260 g/mol. The Morgan fingerprint density at radius 2 is 2.00 bits per heavy atom. The molecule has 0 atom stereocenters. The van der Waals surface area contributed by atoms with Gasteiger partial charge in [0.15, 0.2) is 9.84 Å². The summed E-state index contributed by atoms with van der Waals surface area (Å²) in [5.41, 5.74) is 6.30. The van der Waals surface area contributed by atoms with E-state index in [1.165, 1.54) is 6.07 Å².